The van der Waals surface area contributed by atoms with Gasteiger partial charge < -0.3 is 10.5 Å². The first-order valence-electron chi connectivity index (χ1n) is 5.18. The average molecular weight is 211 g/mol. The van der Waals surface area contributed by atoms with Gasteiger partial charge in [-0.3, -0.25) is 0 Å². The molecule has 0 saturated carbocycles. The molecular formula is C12H18FNO. The van der Waals surface area contributed by atoms with Crippen LogP contribution in [0.4, 0.5) is 4.39 Å². The summed E-state index contributed by atoms with van der Waals surface area (Å²) in [7, 11) is 0. The highest BCUT2D eigenvalue weighted by Crippen LogP contribution is 2.10. The Morgan fingerprint density at radius 1 is 1.27 bits per heavy atom. The van der Waals surface area contributed by atoms with Gasteiger partial charge >= 0.3 is 0 Å². The first kappa shape index (κ1) is 12.1. The van der Waals surface area contributed by atoms with E-state index in [4.69, 9.17) is 10.5 Å². The lowest BCUT2D eigenvalue weighted by atomic mass is 10.1. The molecule has 2 nitrogen and oxygen atoms in total. The minimum atomic E-state index is -0.249. The summed E-state index contributed by atoms with van der Waals surface area (Å²) in [6.45, 7) is 5.65. The summed E-state index contributed by atoms with van der Waals surface area (Å²) >= 11 is 0. The van der Waals surface area contributed by atoms with Gasteiger partial charge in [-0.1, -0.05) is 19.9 Å². The molecule has 84 valence electrons. The lowest BCUT2D eigenvalue weighted by Crippen LogP contribution is -2.03. The van der Waals surface area contributed by atoms with Crippen molar-refractivity contribution in [3.05, 3.63) is 35.1 Å². The molecule has 0 aromatic heterocycles. The number of hydrogen-bond donors (Lipinski definition) is 1. The Labute approximate surface area is 90.2 Å². The number of hydrogen-bond acceptors (Lipinski definition) is 2. The zero-order chi connectivity index (χ0) is 11.3. The van der Waals surface area contributed by atoms with Gasteiger partial charge in [0.2, 0.25) is 0 Å². The largest absolute Gasteiger partial charge is 0.377 e. The SMILES string of the molecule is CC(C)COCc1cc(F)cc(CN)c1. The van der Waals surface area contributed by atoms with Gasteiger partial charge in [0, 0.05) is 13.2 Å². The zero-order valence-electron chi connectivity index (χ0n) is 9.29. The maximum absolute atomic E-state index is 13.1. The molecule has 0 aliphatic rings. The Kier molecular flexibility index (Phi) is 4.72. The molecule has 1 aromatic carbocycles. The van der Waals surface area contributed by atoms with Gasteiger partial charge in [0.15, 0.2) is 0 Å². The van der Waals surface area contributed by atoms with E-state index in [9.17, 15) is 4.39 Å². The fourth-order valence-electron chi connectivity index (χ4n) is 1.33. The van der Waals surface area contributed by atoms with Crippen molar-refractivity contribution in [3.63, 3.8) is 0 Å². The molecule has 0 fully saturated rings. The van der Waals surface area contributed by atoms with E-state index in [0.717, 1.165) is 11.1 Å². The van der Waals surface area contributed by atoms with Crippen molar-refractivity contribution in [1.29, 1.82) is 0 Å². The highest BCUT2D eigenvalue weighted by molar-refractivity contribution is 5.24. The van der Waals surface area contributed by atoms with E-state index >= 15 is 0 Å². The van der Waals surface area contributed by atoms with Crippen LogP contribution in [-0.2, 0) is 17.9 Å². The number of benzene rings is 1. The van der Waals surface area contributed by atoms with Crippen LogP contribution in [0.5, 0.6) is 0 Å². The molecule has 3 heteroatoms. The summed E-state index contributed by atoms with van der Waals surface area (Å²) in [5.41, 5.74) is 7.10. The summed E-state index contributed by atoms with van der Waals surface area (Å²) < 4.78 is 18.5. The summed E-state index contributed by atoms with van der Waals surface area (Å²) in [4.78, 5) is 0. The summed E-state index contributed by atoms with van der Waals surface area (Å²) in [5.74, 6) is 0.244. The van der Waals surface area contributed by atoms with Gasteiger partial charge in [0.25, 0.3) is 0 Å². The van der Waals surface area contributed by atoms with Crippen LogP contribution >= 0.6 is 0 Å². The number of rotatable bonds is 5. The maximum Gasteiger partial charge on any atom is 0.123 e. The smallest absolute Gasteiger partial charge is 0.123 e. The van der Waals surface area contributed by atoms with Crippen molar-refractivity contribution in [3.8, 4) is 0 Å². The van der Waals surface area contributed by atoms with E-state index in [2.05, 4.69) is 13.8 Å². The van der Waals surface area contributed by atoms with Crippen LogP contribution in [0.2, 0.25) is 0 Å². The highest BCUT2D eigenvalue weighted by atomic mass is 19.1. The van der Waals surface area contributed by atoms with E-state index in [1.807, 2.05) is 6.07 Å². The summed E-state index contributed by atoms with van der Waals surface area (Å²) in [6.07, 6.45) is 0. The van der Waals surface area contributed by atoms with Crippen molar-refractivity contribution in [2.24, 2.45) is 11.7 Å². The van der Waals surface area contributed by atoms with Gasteiger partial charge in [-0.25, -0.2) is 4.39 Å². The second-order valence-corrected chi connectivity index (χ2v) is 4.08. The van der Waals surface area contributed by atoms with Crippen molar-refractivity contribution in [1.82, 2.24) is 0 Å². The minimum Gasteiger partial charge on any atom is -0.377 e. The van der Waals surface area contributed by atoms with E-state index in [0.29, 0.717) is 25.7 Å². The molecule has 0 amide bonds. The van der Waals surface area contributed by atoms with Crippen LogP contribution in [-0.4, -0.2) is 6.61 Å². The molecule has 0 heterocycles. The fourth-order valence-corrected chi connectivity index (χ4v) is 1.33. The van der Waals surface area contributed by atoms with Crippen molar-refractivity contribution in [2.75, 3.05) is 6.61 Å². The van der Waals surface area contributed by atoms with Crippen LogP contribution in [0.15, 0.2) is 18.2 Å². The normalized spacial score (nSPS) is 11.0. The van der Waals surface area contributed by atoms with E-state index < -0.39 is 0 Å². The molecular weight excluding hydrogens is 193 g/mol. The third kappa shape index (κ3) is 4.40. The van der Waals surface area contributed by atoms with Gasteiger partial charge in [0.1, 0.15) is 5.82 Å². The molecule has 1 rings (SSSR count). The van der Waals surface area contributed by atoms with Crippen LogP contribution < -0.4 is 5.73 Å². The Morgan fingerprint density at radius 3 is 2.53 bits per heavy atom. The van der Waals surface area contributed by atoms with Gasteiger partial charge in [-0.15, -0.1) is 0 Å². The van der Waals surface area contributed by atoms with Crippen molar-refractivity contribution in [2.45, 2.75) is 27.0 Å². The average Bonchev–Trinajstić information content (AvgIpc) is 2.16. The Balaban J connectivity index is 2.56. The molecule has 0 radical (unpaired) electrons. The monoisotopic (exact) mass is 211 g/mol. The number of ether oxygens (including phenoxy) is 1. The molecule has 0 aliphatic heterocycles. The quantitative estimate of drug-likeness (QED) is 0.812. The maximum atomic E-state index is 13.1. The van der Waals surface area contributed by atoms with E-state index in [-0.39, 0.29) is 5.82 Å². The lowest BCUT2D eigenvalue weighted by Gasteiger charge is -2.08. The molecule has 0 saturated heterocycles. The number of nitrogens with two attached hydrogens (primary N) is 1. The molecule has 0 spiro atoms. The second-order valence-electron chi connectivity index (χ2n) is 4.08. The molecule has 0 aliphatic carbocycles. The van der Waals surface area contributed by atoms with Gasteiger partial charge in [-0.05, 0) is 29.2 Å². The first-order chi connectivity index (χ1) is 7.11. The van der Waals surface area contributed by atoms with Crippen molar-refractivity contribution < 1.29 is 9.13 Å². The molecule has 1 aromatic rings. The summed E-state index contributed by atoms with van der Waals surface area (Å²) in [6, 6.07) is 4.81. The molecule has 0 bridgehead atoms. The van der Waals surface area contributed by atoms with Gasteiger partial charge in [-0.2, -0.15) is 0 Å². The van der Waals surface area contributed by atoms with Crippen LogP contribution in [0, 0.1) is 11.7 Å². The minimum absolute atomic E-state index is 0.249. The van der Waals surface area contributed by atoms with Gasteiger partial charge in [0.05, 0.1) is 6.61 Å². The number of halogens is 1. The molecule has 0 atom stereocenters. The molecule has 0 unspecified atom stereocenters. The van der Waals surface area contributed by atoms with E-state index in [1.165, 1.54) is 12.1 Å². The highest BCUT2D eigenvalue weighted by Gasteiger charge is 2.01. The van der Waals surface area contributed by atoms with Crippen LogP contribution in [0.25, 0.3) is 0 Å². The Hall–Kier alpha value is -0.930. The van der Waals surface area contributed by atoms with Crippen molar-refractivity contribution >= 4 is 0 Å². The zero-order valence-corrected chi connectivity index (χ0v) is 9.29. The lowest BCUT2D eigenvalue weighted by molar-refractivity contribution is 0.0969. The third-order valence-electron chi connectivity index (χ3n) is 1.97. The summed E-state index contributed by atoms with van der Waals surface area (Å²) in [5, 5.41) is 0. The third-order valence-corrected chi connectivity index (χ3v) is 1.97. The molecule has 2 N–H and O–H groups in total. The van der Waals surface area contributed by atoms with E-state index in [1.54, 1.807) is 0 Å². The fraction of sp³-hybridized carbons (Fsp3) is 0.500. The predicted molar refractivity (Wildman–Crippen MR) is 58.8 cm³/mol. The second kappa shape index (κ2) is 5.83. The Bertz CT molecular complexity index is 312. The first-order valence-corrected chi connectivity index (χ1v) is 5.18. The standard InChI is InChI=1S/C12H18FNO/c1-9(2)7-15-8-11-3-10(6-14)4-12(13)5-11/h3-5,9H,6-8,14H2,1-2H3. The van der Waals surface area contributed by atoms with Crippen LogP contribution in [0.1, 0.15) is 25.0 Å². The Morgan fingerprint density at radius 2 is 1.93 bits per heavy atom. The van der Waals surface area contributed by atoms with Crippen LogP contribution in [0.3, 0.4) is 0 Å². The molecule has 15 heavy (non-hydrogen) atoms. The topological polar surface area (TPSA) is 35.2 Å². The predicted octanol–water partition coefficient (Wildman–Crippen LogP) is 2.46.